The summed E-state index contributed by atoms with van der Waals surface area (Å²) >= 11 is 0. The highest BCUT2D eigenvalue weighted by molar-refractivity contribution is 7.89. The quantitative estimate of drug-likeness (QED) is 0.704. The van der Waals surface area contributed by atoms with Crippen molar-refractivity contribution in [1.29, 1.82) is 0 Å². The van der Waals surface area contributed by atoms with Gasteiger partial charge in [0, 0.05) is 44.7 Å². The molecule has 0 saturated carbocycles. The number of sulfonamides is 1. The molecule has 3 rings (SSSR count). The minimum Gasteiger partial charge on any atom is -0.339 e. The number of amides is 2. The van der Waals surface area contributed by atoms with Crippen molar-refractivity contribution >= 4 is 21.8 Å². The highest BCUT2D eigenvalue weighted by atomic mass is 32.2. The molecule has 2 aromatic rings. The number of hydrogen-bond donors (Lipinski definition) is 1. The maximum Gasteiger partial charge on any atom is 0.416 e. The summed E-state index contributed by atoms with van der Waals surface area (Å²) in [5.41, 5.74) is -0.680. The van der Waals surface area contributed by atoms with E-state index < -0.39 is 27.7 Å². The minimum absolute atomic E-state index is 0.0289. The first-order chi connectivity index (χ1) is 15.1. The maximum absolute atomic E-state index is 12.7. The van der Waals surface area contributed by atoms with Gasteiger partial charge in [0.15, 0.2) is 0 Å². The fraction of sp³-hybridized carbons (Fsp3) is 0.333. The van der Waals surface area contributed by atoms with Crippen molar-refractivity contribution in [3.05, 3.63) is 65.7 Å². The molecule has 1 aliphatic heterocycles. The molecule has 0 spiro atoms. The zero-order chi connectivity index (χ0) is 23.4. The van der Waals surface area contributed by atoms with Crippen molar-refractivity contribution in [1.82, 2.24) is 14.5 Å². The number of halogens is 3. The van der Waals surface area contributed by atoms with Gasteiger partial charge in [-0.1, -0.05) is 18.2 Å². The Hall–Kier alpha value is -2.92. The van der Waals surface area contributed by atoms with Crippen LogP contribution in [0.15, 0.2) is 59.5 Å². The first kappa shape index (κ1) is 23.7. The molecule has 0 aliphatic carbocycles. The van der Waals surface area contributed by atoms with Crippen LogP contribution in [-0.2, 0) is 21.0 Å². The fourth-order valence-electron chi connectivity index (χ4n) is 3.28. The van der Waals surface area contributed by atoms with Gasteiger partial charge in [-0.05, 0) is 36.4 Å². The number of nitrogens with zero attached hydrogens (tertiary/aromatic N) is 2. The van der Waals surface area contributed by atoms with E-state index in [0.717, 1.165) is 24.3 Å². The zero-order valence-corrected chi connectivity index (χ0v) is 17.8. The third-order valence-corrected chi connectivity index (χ3v) is 6.54. The van der Waals surface area contributed by atoms with Crippen LogP contribution in [-0.4, -0.2) is 62.8 Å². The van der Waals surface area contributed by atoms with Gasteiger partial charge in [-0.15, -0.1) is 0 Å². The molecule has 7 nitrogen and oxygen atoms in total. The molecule has 172 valence electrons. The third kappa shape index (κ3) is 5.86. The molecule has 32 heavy (non-hydrogen) atoms. The van der Waals surface area contributed by atoms with Gasteiger partial charge in [-0.3, -0.25) is 9.59 Å². The number of carbonyl (C=O) groups excluding carboxylic acids is 2. The Kier molecular flexibility index (Phi) is 7.19. The number of rotatable bonds is 6. The lowest BCUT2D eigenvalue weighted by atomic mass is 10.1. The lowest BCUT2D eigenvalue weighted by molar-refractivity contribution is -0.137. The van der Waals surface area contributed by atoms with Crippen molar-refractivity contribution in [2.45, 2.75) is 17.5 Å². The molecule has 1 heterocycles. The Labute approximate surface area is 183 Å². The number of piperazine rings is 1. The van der Waals surface area contributed by atoms with Crippen LogP contribution in [0.1, 0.15) is 22.3 Å². The van der Waals surface area contributed by atoms with Gasteiger partial charge in [0.1, 0.15) is 0 Å². The summed E-state index contributed by atoms with van der Waals surface area (Å²) in [6, 6.07) is 11.8. The molecule has 0 bridgehead atoms. The van der Waals surface area contributed by atoms with Crippen LogP contribution in [0.3, 0.4) is 0 Å². The van der Waals surface area contributed by atoms with E-state index in [4.69, 9.17) is 0 Å². The summed E-state index contributed by atoms with van der Waals surface area (Å²) < 4.78 is 64.7. The number of hydrogen-bond acceptors (Lipinski definition) is 4. The summed E-state index contributed by atoms with van der Waals surface area (Å²) in [4.78, 5) is 28.0. The van der Waals surface area contributed by atoms with Crippen molar-refractivity contribution in [2.24, 2.45) is 0 Å². The molecule has 0 aromatic heterocycles. The molecule has 1 aliphatic rings. The van der Waals surface area contributed by atoms with E-state index in [1.165, 1.54) is 21.9 Å². The second-order valence-corrected chi connectivity index (χ2v) is 8.98. The summed E-state index contributed by atoms with van der Waals surface area (Å²) in [5, 5.41) is 0. The van der Waals surface area contributed by atoms with Crippen molar-refractivity contribution in [3.8, 4) is 0 Å². The summed E-state index contributed by atoms with van der Waals surface area (Å²) in [5.74, 6) is -0.649. The molecular formula is C21H22F3N3O4S. The standard InChI is InChI=1S/C21H22F3N3O4S/c22-21(23,24)17-8-6-16(7-9-17)20(29)27-14-12-26(13-15-27)19(28)10-11-25-32(30,31)18-4-2-1-3-5-18/h1-9,25H,10-15H2. The minimum atomic E-state index is -4.47. The highest BCUT2D eigenvalue weighted by Crippen LogP contribution is 2.29. The Morgan fingerprint density at radius 1 is 0.875 bits per heavy atom. The van der Waals surface area contributed by atoms with Crippen LogP contribution in [0.25, 0.3) is 0 Å². The van der Waals surface area contributed by atoms with E-state index >= 15 is 0 Å². The summed E-state index contributed by atoms with van der Waals surface area (Å²) in [7, 11) is -3.69. The van der Waals surface area contributed by atoms with Gasteiger partial charge in [0.05, 0.1) is 10.5 Å². The van der Waals surface area contributed by atoms with E-state index in [-0.39, 0.29) is 55.5 Å². The van der Waals surface area contributed by atoms with Crippen molar-refractivity contribution in [3.63, 3.8) is 0 Å². The molecule has 2 amide bonds. The monoisotopic (exact) mass is 469 g/mol. The third-order valence-electron chi connectivity index (χ3n) is 5.06. The van der Waals surface area contributed by atoms with E-state index in [1.54, 1.807) is 18.2 Å². The Morgan fingerprint density at radius 3 is 2.00 bits per heavy atom. The lowest BCUT2D eigenvalue weighted by Gasteiger charge is -2.35. The normalized spacial score (nSPS) is 15.0. The molecule has 1 saturated heterocycles. The SMILES string of the molecule is O=C(CCNS(=O)(=O)c1ccccc1)N1CCN(C(=O)c2ccc(C(F)(F)F)cc2)CC1. The van der Waals surface area contributed by atoms with E-state index in [0.29, 0.717) is 0 Å². The Balaban J connectivity index is 1.46. The second kappa shape index (κ2) is 9.70. The number of carbonyl (C=O) groups is 2. The summed E-state index contributed by atoms with van der Waals surface area (Å²) in [6.45, 7) is 0.941. The van der Waals surface area contributed by atoms with Gasteiger partial charge in [0.2, 0.25) is 15.9 Å². The molecule has 0 atom stereocenters. The molecule has 11 heteroatoms. The number of alkyl halides is 3. The van der Waals surface area contributed by atoms with Crippen LogP contribution in [0, 0.1) is 0 Å². The maximum atomic E-state index is 12.7. The fourth-order valence-corrected chi connectivity index (χ4v) is 4.33. The van der Waals surface area contributed by atoms with Crippen LogP contribution in [0.2, 0.25) is 0 Å². The highest BCUT2D eigenvalue weighted by Gasteiger charge is 2.31. The van der Waals surface area contributed by atoms with Crippen molar-refractivity contribution < 1.29 is 31.2 Å². The van der Waals surface area contributed by atoms with Gasteiger partial charge in [-0.2, -0.15) is 13.2 Å². The van der Waals surface area contributed by atoms with Crippen LogP contribution in [0.4, 0.5) is 13.2 Å². The first-order valence-corrected chi connectivity index (χ1v) is 11.4. The molecular weight excluding hydrogens is 447 g/mol. The van der Waals surface area contributed by atoms with E-state index in [9.17, 15) is 31.2 Å². The molecule has 1 fully saturated rings. The molecule has 1 N–H and O–H groups in total. The zero-order valence-electron chi connectivity index (χ0n) is 17.0. The van der Waals surface area contributed by atoms with Crippen LogP contribution in [0.5, 0.6) is 0 Å². The van der Waals surface area contributed by atoms with Gasteiger partial charge in [-0.25, -0.2) is 13.1 Å². The summed E-state index contributed by atoms with van der Waals surface area (Å²) in [6.07, 6.45) is -4.50. The lowest BCUT2D eigenvalue weighted by Crippen LogP contribution is -2.51. The van der Waals surface area contributed by atoms with E-state index in [2.05, 4.69) is 4.72 Å². The van der Waals surface area contributed by atoms with Crippen LogP contribution < -0.4 is 4.72 Å². The smallest absolute Gasteiger partial charge is 0.339 e. The first-order valence-electron chi connectivity index (χ1n) is 9.87. The van der Waals surface area contributed by atoms with Gasteiger partial charge >= 0.3 is 6.18 Å². The average Bonchev–Trinajstić information content (AvgIpc) is 2.78. The molecule has 0 radical (unpaired) electrons. The predicted octanol–water partition coefficient (Wildman–Crippen LogP) is 2.36. The van der Waals surface area contributed by atoms with Crippen molar-refractivity contribution in [2.75, 3.05) is 32.7 Å². The number of benzene rings is 2. The Bertz CT molecular complexity index is 1050. The topological polar surface area (TPSA) is 86.8 Å². The van der Waals surface area contributed by atoms with Gasteiger partial charge < -0.3 is 9.80 Å². The second-order valence-electron chi connectivity index (χ2n) is 7.21. The predicted molar refractivity (Wildman–Crippen MR) is 110 cm³/mol. The number of nitrogens with one attached hydrogen (secondary N) is 1. The average molecular weight is 469 g/mol. The largest absolute Gasteiger partial charge is 0.416 e. The molecule has 0 unspecified atom stereocenters. The van der Waals surface area contributed by atoms with Gasteiger partial charge in [0.25, 0.3) is 5.91 Å². The van der Waals surface area contributed by atoms with E-state index in [1.807, 2.05) is 0 Å². The molecule has 2 aromatic carbocycles. The Morgan fingerprint density at radius 2 is 1.44 bits per heavy atom. The van der Waals surface area contributed by atoms with Crippen LogP contribution >= 0.6 is 0 Å².